The zero-order chi connectivity index (χ0) is 104. The average molecular weight is 2270 g/mol. The molecule has 57 nitrogen and oxygen atoms in total. The van der Waals surface area contributed by atoms with Gasteiger partial charge in [-0.15, -0.1) is 0 Å². The van der Waals surface area contributed by atoms with Crippen molar-refractivity contribution < 1.29 is 130 Å². The van der Waals surface area contributed by atoms with Gasteiger partial charge in [-0.2, -0.15) is 9.97 Å². The Kier molecular flexibility index (Phi) is 34.7. The van der Waals surface area contributed by atoms with Gasteiger partial charge in [-0.3, -0.25) is 75.6 Å². The molecular weight excluding hydrogens is 2180 g/mol. The first-order valence-corrected chi connectivity index (χ1v) is 60.9. The van der Waals surface area contributed by atoms with Gasteiger partial charge in [-0.1, -0.05) is 77.8 Å². The molecule has 10 N–H and O–H groups in total. The maximum Gasteiger partial charge on any atom is 0.351 e. The molecule has 71 heteroatoms. The number of ether oxygens (including phenoxy) is 7. The van der Waals surface area contributed by atoms with Crippen LogP contribution in [0.5, 0.6) is 0 Å². The monoisotopic (exact) mass is 2270 g/mol. The Bertz CT molecular complexity index is 7180. The summed E-state index contributed by atoms with van der Waals surface area (Å²) in [4.78, 5) is 245. The fourth-order valence-electron chi connectivity index (χ4n) is 16.4. The van der Waals surface area contributed by atoms with Gasteiger partial charge in [0.05, 0.1) is 94.8 Å². The molecule has 0 aliphatic carbocycles. The molecule has 8 aromatic rings. The van der Waals surface area contributed by atoms with E-state index in [-0.39, 0.29) is 75.7 Å². The van der Waals surface area contributed by atoms with E-state index in [1.54, 1.807) is 13.8 Å². The van der Waals surface area contributed by atoms with Crippen molar-refractivity contribution >= 4 is 159 Å². The van der Waals surface area contributed by atoms with E-state index in [9.17, 15) is 81.9 Å². The summed E-state index contributed by atoms with van der Waals surface area (Å²) in [6, 6.07) is 0. The second kappa shape index (κ2) is 44.8. The Labute approximate surface area is 841 Å². The van der Waals surface area contributed by atoms with E-state index in [4.69, 9.17) is 197 Å². The van der Waals surface area contributed by atoms with Crippen LogP contribution in [0.25, 0.3) is 11.2 Å². The highest BCUT2D eigenvalue weighted by atomic mass is 32.7. The summed E-state index contributed by atoms with van der Waals surface area (Å²) in [5, 5.41) is 0. The van der Waals surface area contributed by atoms with Crippen LogP contribution in [0.2, 0.25) is 0 Å². The van der Waals surface area contributed by atoms with E-state index < -0.39 is 298 Å². The topological polar surface area (TPSA) is 760 Å². The average Bonchev–Trinajstić information content (AvgIpc) is 1.61. The van der Waals surface area contributed by atoms with Crippen LogP contribution in [0.1, 0.15) is 135 Å². The fourth-order valence-corrected chi connectivity index (χ4v) is 26.1. The predicted molar refractivity (Wildman–Crippen MR) is 507 cm³/mol. The van der Waals surface area contributed by atoms with Crippen LogP contribution >= 0.6 is 47.1 Å². The van der Waals surface area contributed by atoms with Gasteiger partial charge >= 0.3 is 34.1 Å². The molecule has 786 valence electrons. The standard InChI is InChI=1S/C72H98N19O38P7S7/c1-9-37-38(10-51(116-37)85-17-31(2)59(73)79-67(85)96)124-131(103,138)110-28-50-44(16-57(122-50)91-30-78-58-61(75)76-29-77-62(58)91)129-136(108,143)115-27-49-43(15-56(121-49)90-22-36(7)66(95)84-72(90)101)128-135(107,142)114-26-48-42(14-55(120-48)89-21-35(6)65(94)83-71(89)100)127-134(106,141)113-25-47-41(13-54(119-47)88-20-34(5)64(93)82-70(88)99)126-133(105,140)112-24-46-40(12-52(118-46)86-18-32(3)60(74)80-68(86)97)125-132(104,139)111-23-45-39(123-130(102,137)109-8)11-53(117-45)87-19-33(4)63(92)81-69(87)98/h17-22,29-30,37-57H,9-16,23-28H2,1-8H3,(H,102,137)(H,103,138)(H,104,139)(H,105,140)(H,106,141)(H,107,142)(H,108,143)(H2,73,79,96)(H2,74,80,97)(H2,75,76,77)(H,81,92,98)(H,82,93,99)(H,83,94,100)(H,84,95,101)/p-7/t37-,38?,39?,40?,41?,42?,43?,44?,45-,46-,47-,48-,49-,50-,51-,52-,53-,54-,55-,56-,57-,130?,131?,132?,133?,134?,135?,136?/m1/s1. The third-order valence-electron chi connectivity index (χ3n) is 23.6. The number of hydrogen-bond donors (Lipinski definition) is 7. The highest BCUT2D eigenvalue weighted by Crippen LogP contribution is 2.57. The molecule has 0 spiro atoms. The minimum Gasteiger partial charge on any atom is -0.780 e. The summed E-state index contributed by atoms with van der Waals surface area (Å²) in [6.45, 7) is -28.7. The van der Waals surface area contributed by atoms with E-state index in [2.05, 4.69) is 44.9 Å². The predicted octanol–water partition coefficient (Wildman–Crippen LogP) is -2.83. The molecular formula is C72H91N19O38P7S7-7. The summed E-state index contributed by atoms with van der Waals surface area (Å²) in [5.74, 6) is -0.141. The number of anilines is 3. The number of fused-ring (bicyclic) bond motifs is 1. The van der Waals surface area contributed by atoms with Crippen LogP contribution in [0.15, 0.2) is 97.8 Å². The number of imidazole rings is 1. The minimum atomic E-state index is -5.10. The SMILES string of the molecule is CC[C@H]1O[C@@H](n2cc(C)c(N)nc2=O)CC1OP([O-])(=S)OC[C@H]1O[C@@H](n2cnc3c(N)ncnc32)CC1OP(=O)([S-])OC[C@H]1O[C@@H](n2cc(C)c(=O)[nH]c2=O)CC1OP([O-])(=S)OC[C@H]1O[C@@H](n2cc(C)c(=O)[nH]c2=O)CC1OP([O-])(=S)OC[C@H]1O[C@@H](n2cc(C)c(=O)[nH]c2=O)CC1OP([O-])(=S)OC[C@H]1O[C@@H](n2cc(C)c(N)nc2=O)CC1OP([O-])(=S)OC[C@H]1O[C@@H](n2cc(C)c(=O)[nH]c2=O)CC1OP([O-])(=S)OC. The lowest BCUT2D eigenvalue weighted by atomic mass is 10.1. The van der Waals surface area contributed by atoms with Crippen molar-refractivity contribution in [2.24, 2.45) is 0 Å². The van der Waals surface area contributed by atoms with E-state index in [0.29, 0.717) is 12.0 Å². The molecule has 0 saturated carbocycles. The smallest absolute Gasteiger partial charge is 0.351 e. The summed E-state index contributed by atoms with van der Waals surface area (Å²) in [7, 11) is 1.01. The Morgan fingerprint density at radius 3 is 0.909 bits per heavy atom. The number of nitrogens with zero attached hydrogens (tertiary/aromatic N) is 12. The fraction of sp³-hybridized carbons (Fsp3) is 0.597. The number of hydrogen-bond acceptors (Lipinski definition) is 53. The Hall–Kier alpha value is -6.17. The quantitative estimate of drug-likeness (QED) is 0.0150. The van der Waals surface area contributed by atoms with Crippen molar-refractivity contribution in [2.75, 3.05) is 64.0 Å². The molecule has 8 aromatic heterocycles. The molecule has 14 unspecified atom stereocenters. The zero-order valence-corrected chi connectivity index (χ0v) is 87.7. The van der Waals surface area contributed by atoms with Crippen LogP contribution < -0.4 is 103 Å². The molecule has 0 amide bonds. The minimum absolute atomic E-state index is 0.00144. The van der Waals surface area contributed by atoms with Gasteiger partial charge in [-0.25, -0.2) is 43.7 Å². The van der Waals surface area contributed by atoms with Crippen LogP contribution in [-0.4, -0.2) is 209 Å². The van der Waals surface area contributed by atoms with Crippen molar-refractivity contribution in [3.05, 3.63) is 188 Å². The van der Waals surface area contributed by atoms with Crippen LogP contribution in [-0.2, 0) is 184 Å². The maximum atomic E-state index is 14.9. The first kappa shape index (κ1) is 111. The second-order valence-corrected chi connectivity index (χ2v) is 52.6. The Balaban J connectivity index is 0.633. The van der Waals surface area contributed by atoms with Gasteiger partial charge in [0, 0.05) is 123 Å². The third-order valence-corrected chi connectivity index (χ3v) is 34.7. The zero-order valence-electron chi connectivity index (χ0n) is 75.7. The molecule has 7 fully saturated rings. The molecule has 143 heavy (non-hydrogen) atoms. The van der Waals surface area contributed by atoms with Gasteiger partial charge < -0.3 is 155 Å². The second-order valence-electron chi connectivity index (χ2n) is 33.6. The molecule has 0 aromatic carbocycles. The van der Waals surface area contributed by atoms with Crippen molar-refractivity contribution in [3.63, 3.8) is 0 Å². The van der Waals surface area contributed by atoms with Crippen LogP contribution in [0.3, 0.4) is 0 Å². The van der Waals surface area contributed by atoms with Gasteiger partial charge in [-0.05, 0) is 48.0 Å². The molecule has 7 aliphatic heterocycles. The Morgan fingerprint density at radius 2 is 0.615 bits per heavy atom. The maximum absolute atomic E-state index is 14.9. The van der Waals surface area contributed by atoms with Gasteiger partial charge in [0.25, 0.3) is 22.2 Å². The molecule has 15 rings (SSSR count). The summed E-state index contributed by atoms with van der Waals surface area (Å²) in [6.07, 6.45) is -21.7. The van der Waals surface area contributed by atoms with Crippen molar-refractivity contribution in [2.45, 2.75) is 229 Å². The molecule has 0 bridgehead atoms. The summed E-state index contributed by atoms with van der Waals surface area (Å²) < 4.78 is 147. The lowest BCUT2D eigenvalue weighted by Gasteiger charge is -2.36. The van der Waals surface area contributed by atoms with E-state index in [1.807, 2.05) is 0 Å². The van der Waals surface area contributed by atoms with Gasteiger partial charge in [0.15, 0.2) is 18.3 Å². The number of aromatic amines is 4. The molecule has 15 heterocycles. The number of aryl methyl sites for hydroxylation is 6. The first-order valence-electron chi connectivity index (χ1n) is 43.0. The number of nitrogens with two attached hydrogens (primary N) is 3. The van der Waals surface area contributed by atoms with Crippen molar-refractivity contribution in [1.82, 2.24) is 76.8 Å². The van der Waals surface area contributed by atoms with E-state index >= 15 is 0 Å². The number of nitrogen functional groups attached to an aromatic ring is 3. The van der Waals surface area contributed by atoms with Crippen LogP contribution in [0, 0.1) is 41.5 Å². The highest BCUT2D eigenvalue weighted by Gasteiger charge is 2.49. The van der Waals surface area contributed by atoms with Crippen molar-refractivity contribution in [3.8, 4) is 0 Å². The molecule has 0 radical (unpaired) electrons. The summed E-state index contributed by atoms with van der Waals surface area (Å²) in [5.41, 5.74) is 10.4. The summed E-state index contributed by atoms with van der Waals surface area (Å²) >= 11 is 37.7. The number of nitrogens with one attached hydrogen (secondary N) is 4. The van der Waals surface area contributed by atoms with E-state index in [0.717, 1.165) is 54.9 Å². The highest BCUT2D eigenvalue weighted by molar-refractivity contribution is 8.32. The normalized spacial score (nSPS) is 29.7. The lowest BCUT2D eigenvalue weighted by Crippen LogP contribution is -2.35. The van der Waals surface area contributed by atoms with E-state index in [1.165, 1.54) is 68.7 Å². The lowest BCUT2D eigenvalue weighted by molar-refractivity contribution is -0.221. The Morgan fingerprint density at radius 1 is 0.364 bits per heavy atom. The molecule has 28 atom stereocenters. The van der Waals surface area contributed by atoms with Gasteiger partial charge in [0.2, 0.25) is 0 Å². The molecule has 7 saturated heterocycles. The first-order chi connectivity index (χ1) is 67.1. The van der Waals surface area contributed by atoms with Crippen LogP contribution in [0.4, 0.5) is 17.5 Å². The third kappa shape index (κ3) is 26.9. The number of H-pyrrole nitrogens is 4. The largest absolute Gasteiger partial charge is 0.780 e. The number of rotatable bonds is 41. The van der Waals surface area contributed by atoms with Gasteiger partial charge in [0.1, 0.15) is 144 Å². The number of aromatic nitrogens is 16. The molecule has 7 aliphatic rings. The van der Waals surface area contributed by atoms with Crippen molar-refractivity contribution in [1.29, 1.82) is 0 Å².